The minimum atomic E-state index is 0.311. The normalized spacial score (nSPS) is 11.5. The van der Waals surface area contributed by atoms with E-state index in [4.69, 9.17) is 11.2 Å². The summed E-state index contributed by atoms with van der Waals surface area (Å²) in [6.07, 6.45) is 6.99. The Kier molecular flexibility index (Phi) is 5.18. The van der Waals surface area contributed by atoms with Gasteiger partial charge in [0.05, 0.1) is 0 Å². The van der Waals surface area contributed by atoms with E-state index in [1.165, 1.54) is 5.56 Å². The monoisotopic (exact) mass is 215 g/mol. The van der Waals surface area contributed by atoms with Gasteiger partial charge in [0.25, 0.3) is 0 Å². The molecule has 0 bridgehead atoms. The van der Waals surface area contributed by atoms with Crippen LogP contribution < -0.4 is 10.1 Å². The summed E-state index contributed by atoms with van der Waals surface area (Å²) in [5.41, 5.74) is 1.21. The first-order valence-corrected chi connectivity index (χ1v) is 5.27. The lowest BCUT2D eigenvalue weighted by atomic mass is 10.2. The molecular weight excluding hydrogens is 198 g/mol. The van der Waals surface area contributed by atoms with Crippen molar-refractivity contribution in [2.24, 2.45) is 0 Å². The number of rotatable bonds is 6. The molecule has 0 saturated carbocycles. The van der Waals surface area contributed by atoms with Crippen molar-refractivity contribution < 1.29 is 4.74 Å². The quantitative estimate of drug-likeness (QED) is 0.581. The number of benzene rings is 1. The first-order valence-electron chi connectivity index (χ1n) is 5.27. The minimum absolute atomic E-state index is 0.311. The van der Waals surface area contributed by atoms with E-state index in [1.54, 1.807) is 0 Å². The Morgan fingerprint density at radius 2 is 2.19 bits per heavy atom. The molecule has 0 amide bonds. The molecule has 0 fully saturated rings. The van der Waals surface area contributed by atoms with E-state index in [2.05, 4.69) is 24.7 Å². The van der Waals surface area contributed by atoms with Crippen LogP contribution in [0.2, 0.25) is 0 Å². The molecule has 1 aromatic carbocycles. The Morgan fingerprint density at radius 3 is 2.75 bits per heavy atom. The molecule has 0 radical (unpaired) electrons. The van der Waals surface area contributed by atoms with Crippen LogP contribution in [0.5, 0.6) is 5.75 Å². The van der Waals surface area contributed by atoms with Gasteiger partial charge in [-0.2, -0.15) is 0 Å². The lowest BCUT2D eigenvalue weighted by molar-refractivity contribution is 0.370. The van der Waals surface area contributed by atoms with E-state index in [-0.39, 0.29) is 0 Å². The maximum absolute atomic E-state index is 5.28. The highest BCUT2D eigenvalue weighted by atomic mass is 16.5. The van der Waals surface area contributed by atoms with Crippen LogP contribution in [0.3, 0.4) is 0 Å². The molecule has 1 atom stereocenters. The SMILES string of the molecule is C#CCOc1ccc(CNC(C)C=C)cc1. The van der Waals surface area contributed by atoms with Crippen molar-refractivity contribution in [3.63, 3.8) is 0 Å². The molecule has 2 heteroatoms. The van der Waals surface area contributed by atoms with Crippen molar-refractivity contribution >= 4 is 0 Å². The summed E-state index contributed by atoms with van der Waals surface area (Å²) >= 11 is 0. The van der Waals surface area contributed by atoms with Crippen LogP contribution in [-0.4, -0.2) is 12.6 Å². The third-order valence-electron chi connectivity index (χ3n) is 2.23. The fourth-order valence-electron chi connectivity index (χ4n) is 1.19. The first kappa shape index (κ1) is 12.4. The molecule has 0 saturated heterocycles. The minimum Gasteiger partial charge on any atom is -0.481 e. The van der Waals surface area contributed by atoms with Crippen LogP contribution in [0.25, 0.3) is 0 Å². The fourth-order valence-corrected chi connectivity index (χ4v) is 1.19. The maximum atomic E-state index is 5.28. The van der Waals surface area contributed by atoms with Gasteiger partial charge in [-0.3, -0.25) is 0 Å². The van der Waals surface area contributed by atoms with Crippen molar-refractivity contribution in [3.05, 3.63) is 42.5 Å². The maximum Gasteiger partial charge on any atom is 0.148 e. The van der Waals surface area contributed by atoms with Gasteiger partial charge in [0.1, 0.15) is 12.4 Å². The van der Waals surface area contributed by atoms with Gasteiger partial charge in [-0.05, 0) is 24.6 Å². The van der Waals surface area contributed by atoms with Gasteiger partial charge in [0.2, 0.25) is 0 Å². The predicted octanol–water partition coefficient (Wildman–Crippen LogP) is 2.36. The molecule has 16 heavy (non-hydrogen) atoms. The fraction of sp³-hybridized carbons (Fsp3) is 0.286. The largest absolute Gasteiger partial charge is 0.481 e. The summed E-state index contributed by atoms with van der Waals surface area (Å²) < 4.78 is 5.28. The van der Waals surface area contributed by atoms with Gasteiger partial charge in [-0.25, -0.2) is 0 Å². The molecule has 1 N–H and O–H groups in total. The van der Waals surface area contributed by atoms with Crippen LogP contribution in [0.1, 0.15) is 12.5 Å². The highest BCUT2D eigenvalue weighted by Crippen LogP contribution is 2.11. The summed E-state index contributed by atoms with van der Waals surface area (Å²) in [4.78, 5) is 0. The van der Waals surface area contributed by atoms with Gasteiger partial charge >= 0.3 is 0 Å². The van der Waals surface area contributed by atoms with E-state index in [0.29, 0.717) is 12.6 Å². The molecule has 2 nitrogen and oxygen atoms in total. The lowest BCUT2D eigenvalue weighted by Gasteiger charge is -2.09. The number of hydrogen-bond donors (Lipinski definition) is 1. The van der Waals surface area contributed by atoms with Crippen molar-refractivity contribution in [2.45, 2.75) is 19.5 Å². The third kappa shape index (κ3) is 4.20. The van der Waals surface area contributed by atoms with Crippen molar-refractivity contribution in [2.75, 3.05) is 6.61 Å². The number of hydrogen-bond acceptors (Lipinski definition) is 2. The zero-order valence-corrected chi connectivity index (χ0v) is 9.57. The van der Waals surface area contributed by atoms with Crippen LogP contribution in [0.15, 0.2) is 36.9 Å². The van der Waals surface area contributed by atoms with Crippen molar-refractivity contribution in [1.82, 2.24) is 5.32 Å². The first-order chi connectivity index (χ1) is 7.76. The Morgan fingerprint density at radius 1 is 1.50 bits per heavy atom. The molecule has 1 unspecified atom stereocenters. The second-order valence-electron chi connectivity index (χ2n) is 3.54. The average molecular weight is 215 g/mol. The van der Waals surface area contributed by atoms with Gasteiger partial charge in [0.15, 0.2) is 0 Å². The third-order valence-corrected chi connectivity index (χ3v) is 2.23. The van der Waals surface area contributed by atoms with E-state index >= 15 is 0 Å². The second-order valence-corrected chi connectivity index (χ2v) is 3.54. The Labute approximate surface area is 97.3 Å². The van der Waals surface area contributed by atoms with Gasteiger partial charge < -0.3 is 10.1 Å². The summed E-state index contributed by atoms with van der Waals surface area (Å²) in [6.45, 7) is 6.92. The topological polar surface area (TPSA) is 21.3 Å². The highest BCUT2D eigenvalue weighted by Gasteiger charge is 1.97. The van der Waals surface area contributed by atoms with Gasteiger partial charge in [-0.1, -0.05) is 24.1 Å². The predicted molar refractivity (Wildman–Crippen MR) is 67.3 cm³/mol. The van der Waals surface area contributed by atoms with Crippen molar-refractivity contribution in [3.8, 4) is 18.1 Å². The Bertz CT molecular complexity index is 361. The number of ether oxygens (including phenoxy) is 1. The van der Waals surface area contributed by atoms with Crippen LogP contribution in [0, 0.1) is 12.3 Å². The van der Waals surface area contributed by atoms with Crippen LogP contribution >= 0.6 is 0 Å². The van der Waals surface area contributed by atoms with Gasteiger partial charge in [0, 0.05) is 12.6 Å². The van der Waals surface area contributed by atoms with Crippen LogP contribution in [0.4, 0.5) is 0 Å². The summed E-state index contributed by atoms with van der Waals surface area (Å²) in [6, 6.07) is 8.21. The average Bonchev–Trinajstić information content (AvgIpc) is 2.34. The summed E-state index contributed by atoms with van der Waals surface area (Å²) in [5.74, 6) is 3.24. The van der Waals surface area contributed by atoms with Gasteiger partial charge in [-0.15, -0.1) is 13.0 Å². The zero-order chi connectivity index (χ0) is 11.8. The standard InChI is InChI=1S/C14H17NO/c1-4-10-16-14-8-6-13(7-9-14)11-15-12(3)5-2/h1,5-9,12,15H,2,10-11H2,3H3. The molecular formula is C14H17NO. The molecule has 84 valence electrons. The van der Waals surface area contributed by atoms with E-state index in [9.17, 15) is 0 Å². The molecule has 0 aliphatic heterocycles. The summed E-state index contributed by atoms with van der Waals surface area (Å²) in [7, 11) is 0. The molecule has 0 aliphatic carbocycles. The molecule has 0 aliphatic rings. The van der Waals surface area contributed by atoms with Crippen LogP contribution in [-0.2, 0) is 6.54 Å². The second kappa shape index (κ2) is 6.71. The molecule has 0 heterocycles. The van der Waals surface area contributed by atoms with E-state index < -0.39 is 0 Å². The highest BCUT2D eigenvalue weighted by molar-refractivity contribution is 5.27. The number of nitrogens with one attached hydrogen (secondary N) is 1. The Hall–Kier alpha value is -1.72. The number of terminal acetylenes is 1. The molecule has 0 spiro atoms. The van der Waals surface area contributed by atoms with E-state index in [0.717, 1.165) is 12.3 Å². The lowest BCUT2D eigenvalue weighted by Crippen LogP contribution is -2.22. The van der Waals surface area contributed by atoms with Crippen molar-refractivity contribution in [1.29, 1.82) is 0 Å². The smallest absolute Gasteiger partial charge is 0.148 e. The Balaban J connectivity index is 2.45. The molecule has 1 rings (SSSR count). The molecule has 0 aromatic heterocycles. The molecule has 1 aromatic rings. The van der Waals surface area contributed by atoms with E-state index in [1.807, 2.05) is 30.3 Å². The zero-order valence-electron chi connectivity index (χ0n) is 9.57. The summed E-state index contributed by atoms with van der Waals surface area (Å²) in [5, 5.41) is 3.32.